The Morgan fingerprint density at radius 3 is 2.67 bits per heavy atom. The highest BCUT2D eigenvalue weighted by Crippen LogP contribution is 2.13. The van der Waals surface area contributed by atoms with Gasteiger partial charge in [-0.15, -0.1) is 12.4 Å². The summed E-state index contributed by atoms with van der Waals surface area (Å²) >= 11 is 0. The second-order valence-corrected chi connectivity index (χ2v) is 4.84. The molecule has 1 heterocycles. The lowest BCUT2D eigenvalue weighted by molar-refractivity contribution is 0.408. The molecule has 1 aromatic heterocycles. The zero-order valence-corrected chi connectivity index (χ0v) is 10.3. The van der Waals surface area contributed by atoms with Crippen LogP contribution < -0.4 is 5.32 Å². The second kappa shape index (κ2) is 6.12. The van der Waals surface area contributed by atoms with Crippen LogP contribution in [0, 0.1) is 0 Å². The fraction of sp³-hybridized carbons (Fsp3) is 0.500. The number of rotatable bonds is 5. The van der Waals surface area contributed by atoms with E-state index in [1.54, 1.807) is 13.1 Å². The summed E-state index contributed by atoms with van der Waals surface area (Å²) in [6, 6.07) is 2.99. The molecule has 88 valence electrons. The summed E-state index contributed by atoms with van der Waals surface area (Å²) < 4.78 is 29.5. The maximum Gasteiger partial charge on any atom is 0.276 e. The first-order chi connectivity index (χ1) is 6.59. The molecule has 0 aliphatic heterocycles. The van der Waals surface area contributed by atoms with Gasteiger partial charge < -0.3 is 9.73 Å². The van der Waals surface area contributed by atoms with Crippen molar-refractivity contribution in [3.05, 3.63) is 18.4 Å². The van der Waals surface area contributed by atoms with Crippen molar-refractivity contribution >= 4 is 22.4 Å². The van der Waals surface area contributed by atoms with Crippen molar-refractivity contribution in [3.63, 3.8) is 0 Å². The molecule has 0 aromatic carbocycles. The molecule has 1 N–H and O–H groups in total. The molecule has 0 fully saturated rings. The highest BCUT2D eigenvalue weighted by atomic mass is 35.5. The van der Waals surface area contributed by atoms with E-state index in [1.165, 1.54) is 23.7 Å². The summed E-state index contributed by atoms with van der Waals surface area (Å²) in [6.45, 7) is 1.02. The van der Waals surface area contributed by atoms with Crippen molar-refractivity contribution in [2.45, 2.75) is 5.09 Å². The minimum atomic E-state index is -3.44. The number of hydrogen-bond acceptors (Lipinski definition) is 4. The molecule has 0 spiro atoms. The van der Waals surface area contributed by atoms with Gasteiger partial charge in [-0.2, -0.15) is 4.31 Å². The van der Waals surface area contributed by atoms with Crippen LogP contribution in [0.3, 0.4) is 0 Å². The average Bonchev–Trinajstić information content (AvgIpc) is 2.67. The summed E-state index contributed by atoms with van der Waals surface area (Å²) in [6.07, 6.45) is 1.35. The van der Waals surface area contributed by atoms with Crippen molar-refractivity contribution in [1.82, 2.24) is 9.62 Å². The minimum Gasteiger partial charge on any atom is -0.452 e. The molecular formula is C8H15ClN2O3S. The van der Waals surface area contributed by atoms with Gasteiger partial charge in [-0.25, -0.2) is 8.42 Å². The molecule has 1 aromatic rings. The number of halogens is 1. The normalized spacial score (nSPS) is 11.4. The van der Waals surface area contributed by atoms with E-state index >= 15 is 0 Å². The third-order valence-electron chi connectivity index (χ3n) is 1.84. The van der Waals surface area contributed by atoms with E-state index in [-0.39, 0.29) is 17.5 Å². The van der Waals surface area contributed by atoms with Crippen LogP contribution in [0.2, 0.25) is 0 Å². The quantitative estimate of drug-likeness (QED) is 0.833. The van der Waals surface area contributed by atoms with Crippen molar-refractivity contribution in [2.24, 2.45) is 0 Å². The lowest BCUT2D eigenvalue weighted by Crippen LogP contribution is -2.32. The maximum atomic E-state index is 11.7. The van der Waals surface area contributed by atoms with Crippen molar-refractivity contribution in [1.29, 1.82) is 0 Å². The van der Waals surface area contributed by atoms with E-state index < -0.39 is 10.0 Å². The second-order valence-electron chi connectivity index (χ2n) is 2.86. The third kappa shape index (κ3) is 3.49. The van der Waals surface area contributed by atoms with Gasteiger partial charge in [-0.05, 0) is 19.2 Å². The minimum absolute atomic E-state index is 0. The summed E-state index contributed by atoms with van der Waals surface area (Å²) in [5.41, 5.74) is 0. The van der Waals surface area contributed by atoms with Gasteiger partial charge in [0.15, 0.2) is 0 Å². The number of nitrogens with zero attached hydrogens (tertiary/aromatic N) is 1. The number of furan rings is 1. The third-order valence-corrected chi connectivity index (χ3v) is 3.58. The Morgan fingerprint density at radius 1 is 1.53 bits per heavy atom. The lowest BCUT2D eigenvalue weighted by Gasteiger charge is -2.14. The maximum absolute atomic E-state index is 11.7. The number of hydrogen-bond donors (Lipinski definition) is 1. The molecule has 0 aliphatic rings. The summed E-state index contributed by atoms with van der Waals surface area (Å²) in [5, 5.41) is 2.86. The van der Waals surface area contributed by atoms with E-state index in [1.807, 2.05) is 0 Å². The highest BCUT2D eigenvalue weighted by Gasteiger charge is 2.22. The monoisotopic (exact) mass is 254 g/mol. The number of likely N-dealkylation sites (N-methyl/N-ethyl adjacent to an activating group) is 2. The molecular weight excluding hydrogens is 240 g/mol. The Morgan fingerprint density at radius 2 is 2.20 bits per heavy atom. The van der Waals surface area contributed by atoms with Crippen molar-refractivity contribution < 1.29 is 12.8 Å². The molecule has 0 bridgehead atoms. The van der Waals surface area contributed by atoms with Crippen molar-refractivity contribution in [3.8, 4) is 0 Å². The number of sulfonamides is 1. The average molecular weight is 255 g/mol. The zero-order valence-electron chi connectivity index (χ0n) is 8.63. The molecule has 0 amide bonds. The van der Waals surface area contributed by atoms with Crippen LogP contribution in [0.25, 0.3) is 0 Å². The van der Waals surface area contributed by atoms with Crippen LogP contribution in [-0.4, -0.2) is 39.9 Å². The first kappa shape index (κ1) is 14.4. The Hall–Kier alpha value is -0.560. The van der Waals surface area contributed by atoms with Crippen molar-refractivity contribution in [2.75, 3.05) is 27.2 Å². The topological polar surface area (TPSA) is 62.6 Å². The molecule has 0 atom stereocenters. The van der Waals surface area contributed by atoms with Crippen LogP contribution >= 0.6 is 12.4 Å². The molecule has 0 saturated heterocycles. The first-order valence-corrected chi connectivity index (χ1v) is 5.67. The summed E-state index contributed by atoms with van der Waals surface area (Å²) in [5.74, 6) is 0. The standard InChI is InChI=1S/C8H14N2O3S.ClH/c1-9-5-6-10(2)14(11,12)8-4-3-7-13-8;/h3-4,7,9H,5-6H2,1-2H3;1H. The largest absolute Gasteiger partial charge is 0.452 e. The smallest absolute Gasteiger partial charge is 0.276 e. The van der Waals surface area contributed by atoms with Crippen LogP contribution in [-0.2, 0) is 10.0 Å². The first-order valence-electron chi connectivity index (χ1n) is 4.23. The van der Waals surface area contributed by atoms with Gasteiger partial charge in [0.25, 0.3) is 10.0 Å². The van der Waals surface area contributed by atoms with Gasteiger partial charge >= 0.3 is 0 Å². The molecule has 1 rings (SSSR count). The predicted molar refractivity (Wildman–Crippen MR) is 59.7 cm³/mol. The Balaban J connectivity index is 0.00000196. The van der Waals surface area contributed by atoms with E-state index in [4.69, 9.17) is 4.42 Å². The van der Waals surface area contributed by atoms with Gasteiger partial charge in [0.1, 0.15) is 0 Å². The summed E-state index contributed by atoms with van der Waals surface area (Å²) in [7, 11) is -0.147. The van der Waals surface area contributed by atoms with Gasteiger partial charge in [-0.3, -0.25) is 0 Å². The number of nitrogens with one attached hydrogen (secondary N) is 1. The van der Waals surface area contributed by atoms with E-state index in [9.17, 15) is 8.42 Å². The molecule has 15 heavy (non-hydrogen) atoms. The fourth-order valence-electron chi connectivity index (χ4n) is 0.953. The van der Waals surface area contributed by atoms with E-state index in [0.29, 0.717) is 13.1 Å². The van der Waals surface area contributed by atoms with Crippen LogP contribution in [0.15, 0.2) is 27.9 Å². The van der Waals surface area contributed by atoms with E-state index in [2.05, 4.69) is 5.32 Å². The summed E-state index contributed by atoms with van der Waals surface area (Å²) in [4.78, 5) is 0. The fourth-order valence-corrected chi connectivity index (χ4v) is 2.02. The molecule has 0 saturated carbocycles. The predicted octanol–water partition coefficient (Wildman–Crippen LogP) is 0.541. The van der Waals surface area contributed by atoms with Gasteiger partial charge in [-0.1, -0.05) is 0 Å². The molecule has 0 radical (unpaired) electrons. The molecule has 7 heteroatoms. The van der Waals surface area contributed by atoms with Crippen LogP contribution in [0.4, 0.5) is 0 Å². The lowest BCUT2D eigenvalue weighted by atomic mass is 10.6. The van der Waals surface area contributed by atoms with Gasteiger partial charge in [0.05, 0.1) is 6.26 Å². The Bertz CT molecular complexity index is 363. The molecule has 0 aliphatic carbocycles. The van der Waals surface area contributed by atoms with Gasteiger partial charge in [0, 0.05) is 20.1 Å². The SMILES string of the molecule is CNCCN(C)S(=O)(=O)c1ccco1.Cl. The Kier molecular flexibility index (Phi) is 5.89. The molecule has 0 unspecified atom stereocenters. The van der Waals surface area contributed by atoms with Crippen LogP contribution in [0.5, 0.6) is 0 Å². The van der Waals surface area contributed by atoms with Crippen LogP contribution in [0.1, 0.15) is 0 Å². The van der Waals surface area contributed by atoms with E-state index in [0.717, 1.165) is 0 Å². The molecule has 5 nitrogen and oxygen atoms in total. The highest BCUT2D eigenvalue weighted by molar-refractivity contribution is 7.89. The Labute approximate surface area is 95.9 Å². The van der Waals surface area contributed by atoms with Gasteiger partial charge in [0.2, 0.25) is 5.09 Å². The zero-order chi connectivity index (χ0) is 10.6.